The third-order valence-electron chi connectivity index (χ3n) is 3.26. The maximum absolute atomic E-state index is 14.2. The molecule has 0 saturated carbocycles. The van der Waals surface area contributed by atoms with Gasteiger partial charge in [0.25, 0.3) is 0 Å². The second-order valence-corrected chi connectivity index (χ2v) is 4.85. The molecule has 94 valence electrons. The lowest BCUT2D eigenvalue weighted by molar-refractivity contribution is 0.360. The Bertz CT molecular complexity index is 416. The fourth-order valence-electron chi connectivity index (χ4n) is 2.44. The van der Waals surface area contributed by atoms with Crippen molar-refractivity contribution in [2.75, 3.05) is 13.7 Å². The minimum atomic E-state index is -0.353. The molecule has 0 aliphatic carbocycles. The summed E-state index contributed by atoms with van der Waals surface area (Å²) in [4.78, 5) is 0. The first-order valence-corrected chi connectivity index (χ1v) is 6.28. The highest BCUT2D eigenvalue weighted by atomic mass is 35.5. The Kier molecular flexibility index (Phi) is 3.89. The van der Waals surface area contributed by atoms with Crippen LogP contribution in [0.3, 0.4) is 0 Å². The highest BCUT2D eigenvalue weighted by Gasteiger charge is 2.25. The Balaban J connectivity index is 2.48. The molecule has 0 radical (unpaired) electrons. The summed E-state index contributed by atoms with van der Waals surface area (Å²) < 4.78 is 19.5. The van der Waals surface area contributed by atoms with Crippen LogP contribution in [-0.4, -0.2) is 13.7 Å². The van der Waals surface area contributed by atoms with Crippen molar-refractivity contribution in [3.05, 3.63) is 28.0 Å². The summed E-state index contributed by atoms with van der Waals surface area (Å²) in [6, 6.07) is 1.62. The Morgan fingerprint density at radius 1 is 1.47 bits per heavy atom. The Morgan fingerprint density at radius 2 is 2.24 bits per heavy atom. The van der Waals surface area contributed by atoms with Gasteiger partial charge in [0.15, 0.2) is 0 Å². The minimum Gasteiger partial charge on any atom is -0.496 e. The lowest BCUT2D eigenvalue weighted by atomic mass is 9.94. The SMILES string of the molecule is COc1c(C)cc(Cl)c(F)c1C1CCCCN1. The molecule has 0 aromatic heterocycles. The van der Waals surface area contributed by atoms with Crippen LogP contribution in [0, 0.1) is 12.7 Å². The van der Waals surface area contributed by atoms with Crippen LogP contribution in [0.25, 0.3) is 0 Å². The number of benzene rings is 1. The number of hydrogen-bond acceptors (Lipinski definition) is 2. The number of aryl methyl sites for hydroxylation is 1. The molecular formula is C13H17ClFNO. The standard InChI is InChI=1S/C13H17ClFNO/c1-8-7-9(14)12(15)11(13(8)17-2)10-5-3-4-6-16-10/h7,10,16H,3-6H2,1-2H3. The molecule has 1 aliphatic heterocycles. The second-order valence-electron chi connectivity index (χ2n) is 4.44. The van der Waals surface area contributed by atoms with Crippen molar-refractivity contribution < 1.29 is 9.13 Å². The lowest BCUT2D eigenvalue weighted by Gasteiger charge is -2.26. The molecule has 1 heterocycles. The van der Waals surface area contributed by atoms with Gasteiger partial charge in [0, 0.05) is 11.6 Å². The second kappa shape index (κ2) is 5.23. The summed E-state index contributed by atoms with van der Waals surface area (Å²) >= 11 is 5.91. The van der Waals surface area contributed by atoms with Gasteiger partial charge in [-0.2, -0.15) is 0 Å². The Hall–Kier alpha value is -0.800. The van der Waals surface area contributed by atoms with Crippen LogP contribution in [0.2, 0.25) is 5.02 Å². The van der Waals surface area contributed by atoms with E-state index in [2.05, 4.69) is 5.32 Å². The van der Waals surface area contributed by atoms with Crippen LogP contribution in [-0.2, 0) is 0 Å². The molecule has 0 bridgehead atoms. The Morgan fingerprint density at radius 3 is 2.82 bits per heavy atom. The number of halogens is 2. The molecule has 17 heavy (non-hydrogen) atoms. The van der Waals surface area contributed by atoms with E-state index in [0.29, 0.717) is 11.3 Å². The van der Waals surface area contributed by atoms with Gasteiger partial charge in [0.1, 0.15) is 11.6 Å². The van der Waals surface area contributed by atoms with Gasteiger partial charge in [-0.15, -0.1) is 0 Å². The molecule has 1 saturated heterocycles. The van der Waals surface area contributed by atoms with Crippen LogP contribution in [0.15, 0.2) is 6.07 Å². The fourth-order valence-corrected chi connectivity index (χ4v) is 2.71. The van der Waals surface area contributed by atoms with Gasteiger partial charge in [-0.1, -0.05) is 18.0 Å². The van der Waals surface area contributed by atoms with E-state index in [1.54, 1.807) is 13.2 Å². The van der Waals surface area contributed by atoms with Gasteiger partial charge in [-0.25, -0.2) is 4.39 Å². The predicted molar refractivity (Wildman–Crippen MR) is 67.3 cm³/mol. The maximum atomic E-state index is 14.2. The average Bonchev–Trinajstić information content (AvgIpc) is 2.34. The normalized spacial score (nSPS) is 20.4. The molecule has 1 unspecified atom stereocenters. The number of methoxy groups -OCH3 is 1. The zero-order valence-electron chi connectivity index (χ0n) is 10.1. The van der Waals surface area contributed by atoms with E-state index < -0.39 is 0 Å². The number of rotatable bonds is 2. The van der Waals surface area contributed by atoms with E-state index in [4.69, 9.17) is 16.3 Å². The molecule has 1 atom stereocenters. The summed E-state index contributed by atoms with van der Waals surface area (Å²) in [7, 11) is 1.57. The molecule has 2 nitrogen and oxygen atoms in total. The first-order valence-electron chi connectivity index (χ1n) is 5.91. The summed E-state index contributed by atoms with van der Waals surface area (Å²) in [6.45, 7) is 2.80. The van der Waals surface area contributed by atoms with E-state index in [1.807, 2.05) is 6.92 Å². The van der Waals surface area contributed by atoms with Crippen molar-refractivity contribution in [1.29, 1.82) is 0 Å². The summed E-state index contributed by atoms with van der Waals surface area (Å²) in [6.07, 6.45) is 3.17. The molecule has 0 amide bonds. The predicted octanol–water partition coefficient (Wildman–Crippen LogP) is 3.61. The molecule has 4 heteroatoms. The summed E-state index contributed by atoms with van der Waals surface area (Å²) in [5, 5.41) is 3.50. The van der Waals surface area contributed by atoms with Gasteiger partial charge < -0.3 is 10.1 Å². The van der Waals surface area contributed by atoms with Crippen LogP contribution in [0.1, 0.15) is 36.4 Å². The first kappa shape index (κ1) is 12.7. The summed E-state index contributed by atoms with van der Waals surface area (Å²) in [5.41, 5.74) is 1.46. The van der Waals surface area contributed by atoms with Gasteiger partial charge in [0.05, 0.1) is 12.1 Å². The molecule has 2 rings (SSSR count). The molecule has 0 spiro atoms. The van der Waals surface area contributed by atoms with Crippen molar-refractivity contribution >= 4 is 11.6 Å². The summed E-state index contributed by atoms with van der Waals surface area (Å²) in [5.74, 6) is 0.264. The molecule has 1 aromatic rings. The molecule has 1 N–H and O–H groups in total. The Labute approximate surface area is 106 Å². The zero-order valence-corrected chi connectivity index (χ0v) is 10.9. The largest absolute Gasteiger partial charge is 0.496 e. The van der Waals surface area contributed by atoms with Crippen molar-refractivity contribution in [2.45, 2.75) is 32.2 Å². The van der Waals surface area contributed by atoms with Gasteiger partial charge in [-0.05, 0) is 37.9 Å². The molecule has 1 aromatic carbocycles. The fraction of sp³-hybridized carbons (Fsp3) is 0.538. The van der Waals surface area contributed by atoms with Gasteiger partial charge in [0.2, 0.25) is 0 Å². The number of nitrogens with one attached hydrogen (secondary N) is 1. The quantitative estimate of drug-likeness (QED) is 0.874. The van der Waals surface area contributed by atoms with E-state index in [0.717, 1.165) is 31.4 Å². The lowest BCUT2D eigenvalue weighted by Crippen LogP contribution is -2.28. The van der Waals surface area contributed by atoms with Crippen molar-refractivity contribution in [2.24, 2.45) is 0 Å². The van der Waals surface area contributed by atoms with Crippen LogP contribution in [0.5, 0.6) is 5.75 Å². The molecule has 1 aliphatic rings. The number of hydrogen-bond donors (Lipinski definition) is 1. The smallest absolute Gasteiger partial charge is 0.150 e. The highest BCUT2D eigenvalue weighted by Crippen LogP contribution is 2.38. The zero-order chi connectivity index (χ0) is 12.4. The van der Waals surface area contributed by atoms with Crippen molar-refractivity contribution in [1.82, 2.24) is 5.32 Å². The minimum absolute atomic E-state index is 0.0103. The van der Waals surface area contributed by atoms with Gasteiger partial charge in [-0.3, -0.25) is 0 Å². The van der Waals surface area contributed by atoms with Crippen LogP contribution >= 0.6 is 11.6 Å². The van der Waals surface area contributed by atoms with Crippen LogP contribution in [0.4, 0.5) is 4.39 Å². The van der Waals surface area contributed by atoms with E-state index >= 15 is 0 Å². The first-order chi connectivity index (χ1) is 8.15. The monoisotopic (exact) mass is 257 g/mol. The highest BCUT2D eigenvalue weighted by molar-refractivity contribution is 6.31. The maximum Gasteiger partial charge on any atom is 0.150 e. The van der Waals surface area contributed by atoms with E-state index in [1.165, 1.54) is 0 Å². The van der Waals surface area contributed by atoms with Crippen molar-refractivity contribution in [3.8, 4) is 5.75 Å². The number of ether oxygens (including phenoxy) is 1. The number of piperidine rings is 1. The van der Waals surface area contributed by atoms with E-state index in [9.17, 15) is 4.39 Å². The van der Waals surface area contributed by atoms with Crippen LogP contribution < -0.4 is 10.1 Å². The van der Waals surface area contributed by atoms with Gasteiger partial charge >= 0.3 is 0 Å². The third-order valence-corrected chi connectivity index (χ3v) is 3.53. The van der Waals surface area contributed by atoms with E-state index in [-0.39, 0.29) is 16.9 Å². The third kappa shape index (κ3) is 2.40. The molecular weight excluding hydrogens is 241 g/mol. The topological polar surface area (TPSA) is 21.3 Å². The molecule has 1 fully saturated rings. The average molecular weight is 258 g/mol. The van der Waals surface area contributed by atoms with Crippen molar-refractivity contribution in [3.63, 3.8) is 0 Å².